The van der Waals surface area contributed by atoms with Gasteiger partial charge in [0, 0.05) is 12.3 Å². The molecule has 0 saturated heterocycles. The van der Waals surface area contributed by atoms with E-state index in [1.807, 2.05) is 0 Å². The predicted molar refractivity (Wildman–Crippen MR) is 91.9 cm³/mol. The van der Waals surface area contributed by atoms with Crippen LogP contribution in [0.25, 0.3) is 0 Å². The average molecular weight is 319 g/mol. The molecule has 5 unspecified atom stereocenters. The van der Waals surface area contributed by atoms with Gasteiger partial charge in [0.1, 0.15) is 6.10 Å². The standard InChI is InChI=1S/C21H34O2/c1-14(22)23-19-10-9-17-16-8-7-15-6-4-5-12-20(15,2)18(16)11-13-21(17,19)3/h15-19H,4-13H2,1-3H3/t15?,16?,17?,18?,19?,20-,21-/m0/s1. The number of fused-ring (bicyclic) bond motifs is 5. The Bertz CT molecular complexity index is 486. The first-order chi connectivity index (χ1) is 10.9. The van der Waals surface area contributed by atoms with E-state index in [0.717, 1.165) is 30.1 Å². The van der Waals surface area contributed by atoms with Crippen LogP contribution >= 0.6 is 0 Å². The Balaban J connectivity index is 1.59. The molecular weight excluding hydrogens is 284 g/mol. The molecular formula is C21H34O2. The van der Waals surface area contributed by atoms with Crippen LogP contribution in [0.5, 0.6) is 0 Å². The van der Waals surface area contributed by atoms with E-state index in [-0.39, 0.29) is 17.5 Å². The quantitative estimate of drug-likeness (QED) is 0.609. The highest BCUT2D eigenvalue weighted by molar-refractivity contribution is 5.66. The summed E-state index contributed by atoms with van der Waals surface area (Å²) >= 11 is 0. The van der Waals surface area contributed by atoms with Crippen molar-refractivity contribution in [3.63, 3.8) is 0 Å². The fourth-order valence-electron chi connectivity index (χ4n) is 7.64. The van der Waals surface area contributed by atoms with Gasteiger partial charge in [-0.25, -0.2) is 0 Å². The van der Waals surface area contributed by atoms with Crippen molar-refractivity contribution in [3.8, 4) is 0 Å². The summed E-state index contributed by atoms with van der Waals surface area (Å²) < 4.78 is 5.76. The molecule has 0 aliphatic heterocycles. The van der Waals surface area contributed by atoms with E-state index in [4.69, 9.17) is 4.74 Å². The highest BCUT2D eigenvalue weighted by Gasteiger charge is 2.60. The maximum atomic E-state index is 11.5. The van der Waals surface area contributed by atoms with Crippen molar-refractivity contribution < 1.29 is 9.53 Å². The van der Waals surface area contributed by atoms with Crippen LogP contribution in [-0.2, 0) is 9.53 Å². The van der Waals surface area contributed by atoms with E-state index >= 15 is 0 Å². The fraction of sp³-hybridized carbons (Fsp3) is 0.952. The summed E-state index contributed by atoms with van der Waals surface area (Å²) in [5.74, 6) is 3.55. The molecule has 0 amide bonds. The molecule has 0 aromatic heterocycles. The normalized spacial score (nSPS) is 52.2. The first-order valence-corrected chi connectivity index (χ1v) is 10.1. The molecule has 23 heavy (non-hydrogen) atoms. The summed E-state index contributed by atoms with van der Waals surface area (Å²) in [6.07, 6.45) is 14.0. The lowest BCUT2D eigenvalue weighted by molar-refractivity contribution is -0.161. The summed E-state index contributed by atoms with van der Waals surface area (Å²) in [6.45, 7) is 6.65. The third-order valence-electron chi connectivity index (χ3n) is 8.80. The van der Waals surface area contributed by atoms with Crippen LogP contribution in [0, 0.1) is 34.5 Å². The Morgan fingerprint density at radius 2 is 1.65 bits per heavy atom. The van der Waals surface area contributed by atoms with E-state index in [1.165, 1.54) is 57.8 Å². The second-order valence-corrected chi connectivity index (χ2v) is 9.62. The molecule has 4 rings (SSSR count). The lowest BCUT2D eigenvalue weighted by atomic mass is 9.45. The van der Waals surface area contributed by atoms with E-state index < -0.39 is 0 Å². The smallest absolute Gasteiger partial charge is 0.302 e. The number of rotatable bonds is 1. The van der Waals surface area contributed by atoms with Crippen LogP contribution < -0.4 is 0 Å². The number of esters is 1. The number of ether oxygens (including phenoxy) is 1. The Kier molecular flexibility index (Phi) is 3.81. The topological polar surface area (TPSA) is 26.3 Å². The summed E-state index contributed by atoms with van der Waals surface area (Å²) in [7, 11) is 0. The summed E-state index contributed by atoms with van der Waals surface area (Å²) in [4.78, 5) is 11.5. The first kappa shape index (κ1) is 16.0. The second kappa shape index (κ2) is 5.49. The zero-order chi connectivity index (χ0) is 16.2. The minimum Gasteiger partial charge on any atom is -0.462 e. The molecule has 130 valence electrons. The van der Waals surface area contributed by atoms with Gasteiger partial charge >= 0.3 is 5.97 Å². The van der Waals surface area contributed by atoms with Gasteiger partial charge in [-0.1, -0.05) is 26.7 Å². The van der Waals surface area contributed by atoms with Crippen molar-refractivity contribution in [3.05, 3.63) is 0 Å². The van der Waals surface area contributed by atoms with Gasteiger partial charge < -0.3 is 4.74 Å². The zero-order valence-electron chi connectivity index (χ0n) is 15.3. The maximum Gasteiger partial charge on any atom is 0.302 e. The van der Waals surface area contributed by atoms with Crippen molar-refractivity contribution >= 4 is 5.97 Å². The lowest BCUT2D eigenvalue weighted by Gasteiger charge is -2.60. The number of carbonyl (C=O) groups is 1. The molecule has 4 aliphatic carbocycles. The minimum atomic E-state index is -0.0815. The predicted octanol–water partition coefficient (Wildman–Crippen LogP) is 5.35. The van der Waals surface area contributed by atoms with Gasteiger partial charge in [-0.3, -0.25) is 4.79 Å². The van der Waals surface area contributed by atoms with Gasteiger partial charge in [-0.2, -0.15) is 0 Å². The fourth-order valence-corrected chi connectivity index (χ4v) is 7.64. The Morgan fingerprint density at radius 3 is 2.43 bits per heavy atom. The maximum absolute atomic E-state index is 11.5. The molecule has 4 fully saturated rings. The molecule has 0 spiro atoms. The molecule has 7 atom stereocenters. The molecule has 0 aromatic carbocycles. The van der Waals surface area contributed by atoms with Crippen LogP contribution in [0.2, 0.25) is 0 Å². The molecule has 0 aromatic rings. The van der Waals surface area contributed by atoms with Crippen molar-refractivity contribution in [2.75, 3.05) is 0 Å². The number of carbonyl (C=O) groups excluding carboxylic acids is 1. The highest BCUT2D eigenvalue weighted by atomic mass is 16.5. The van der Waals surface area contributed by atoms with Gasteiger partial charge in [0.2, 0.25) is 0 Å². The van der Waals surface area contributed by atoms with Crippen molar-refractivity contribution in [1.82, 2.24) is 0 Å². The van der Waals surface area contributed by atoms with E-state index in [2.05, 4.69) is 13.8 Å². The summed E-state index contributed by atoms with van der Waals surface area (Å²) in [5, 5.41) is 0. The summed E-state index contributed by atoms with van der Waals surface area (Å²) in [6, 6.07) is 0. The van der Waals surface area contributed by atoms with Crippen LogP contribution in [0.3, 0.4) is 0 Å². The van der Waals surface area contributed by atoms with Crippen LogP contribution in [0.4, 0.5) is 0 Å². The second-order valence-electron chi connectivity index (χ2n) is 9.62. The average Bonchev–Trinajstić information content (AvgIpc) is 2.83. The SMILES string of the molecule is CC(=O)OC1CCC2C3CCC4CCCC[C@]4(C)C3CC[C@]12C. The number of hydrogen-bond donors (Lipinski definition) is 0. The first-order valence-electron chi connectivity index (χ1n) is 10.1. The molecule has 2 nitrogen and oxygen atoms in total. The Hall–Kier alpha value is -0.530. The van der Waals surface area contributed by atoms with Gasteiger partial charge in [-0.15, -0.1) is 0 Å². The van der Waals surface area contributed by atoms with E-state index in [0.29, 0.717) is 5.41 Å². The van der Waals surface area contributed by atoms with Gasteiger partial charge in [0.15, 0.2) is 0 Å². The monoisotopic (exact) mass is 318 g/mol. The molecule has 2 heteroatoms. The van der Waals surface area contributed by atoms with Crippen LogP contribution in [-0.4, -0.2) is 12.1 Å². The lowest BCUT2D eigenvalue weighted by Crippen LogP contribution is -2.53. The molecule has 4 saturated carbocycles. The van der Waals surface area contributed by atoms with Crippen molar-refractivity contribution in [2.45, 2.75) is 91.1 Å². The van der Waals surface area contributed by atoms with Crippen molar-refractivity contribution in [2.24, 2.45) is 34.5 Å². The largest absolute Gasteiger partial charge is 0.462 e. The van der Waals surface area contributed by atoms with E-state index in [9.17, 15) is 4.79 Å². The van der Waals surface area contributed by atoms with Crippen molar-refractivity contribution in [1.29, 1.82) is 0 Å². The Morgan fingerprint density at radius 1 is 0.870 bits per heavy atom. The number of hydrogen-bond acceptors (Lipinski definition) is 2. The third-order valence-corrected chi connectivity index (χ3v) is 8.80. The zero-order valence-corrected chi connectivity index (χ0v) is 15.3. The van der Waals surface area contributed by atoms with E-state index in [1.54, 1.807) is 6.92 Å². The van der Waals surface area contributed by atoms with Crippen LogP contribution in [0.15, 0.2) is 0 Å². The molecule has 0 heterocycles. The van der Waals surface area contributed by atoms with Crippen LogP contribution in [0.1, 0.15) is 85.0 Å². The van der Waals surface area contributed by atoms with Gasteiger partial charge in [0.05, 0.1) is 0 Å². The summed E-state index contributed by atoms with van der Waals surface area (Å²) in [5.41, 5.74) is 0.868. The third kappa shape index (κ3) is 2.30. The highest BCUT2D eigenvalue weighted by Crippen LogP contribution is 2.66. The molecule has 0 bridgehead atoms. The molecule has 0 radical (unpaired) electrons. The molecule has 0 N–H and O–H groups in total. The van der Waals surface area contributed by atoms with Gasteiger partial charge in [-0.05, 0) is 80.5 Å². The molecule has 4 aliphatic rings. The minimum absolute atomic E-state index is 0.0815. The Labute approximate surface area is 141 Å². The van der Waals surface area contributed by atoms with Gasteiger partial charge in [0.25, 0.3) is 0 Å².